The van der Waals surface area contributed by atoms with Gasteiger partial charge in [-0.3, -0.25) is 4.90 Å². The van der Waals surface area contributed by atoms with Crippen LogP contribution in [0.2, 0.25) is 0 Å². The Morgan fingerprint density at radius 2 is 1.80 bits per heavy atom. The molecule has 0 heterocycles. The molecule has 3 heteroatoms. The average Bonchev–Trinajstić information content (AvgIpc) is 3.01. The van der Waals surface area contributed by atoms with Crippen LogP contribution in [0.4, 0.5) is 0 Å². The van der Waals surface area contributed by atoms with Gasteiger partial charge < -0.3 is 10.2 Å². The molecule has 0 radical (unpaired) electrons. The summed E-state index contributed by atoms with van der Waals surface area (Å²) in [5.41, 5.74) is -0.462. The van der Waals surface area contributed by atoms with Gasteiger partial charge in [0.25, 0.3) is 0 Å². The van der Waals surface area contributed by atoms with Crippen LogP contribution in [0.15, 0.2) is 0 Å². The van der Waals surface area contributed by atoms with E-state index in [9.17, 15) is 5.11 Å². The Morgan fingerprint density at radius 1 is 1.13 bits per heavy atom. The standard InChI is InChI=1S/C12H23NO2/c14-9-8-13(11-4-5-11)10-12(15)6-2-1-3-7-12/h11,14-15H,1-10H2. The van der Waals surface area contributed by atoms with E-state index in [0.717, 1.165) is 38.8 Å². The second-order valence-corrected chi connectivity index (χ2v) is 5.21. The van der Waals surface area contributed by atoms with Crippen molar-refractivity contribution in [1.82, 2.24) is 4.90 Å². The van der Waals surface area contributed by atoms with E-state index in [4.69, 9.17) is 5.11 Å². The largest absolute Gasteiger partial charge is 0.395 e. The monoisotopic (exact) mass is 213 g/mol. The van der Waals surface area contributed by atoms with Gasteiger partial charge >= 0.3 is 0 Å². The van der Waals surface area contributed by atoms with Crippen LogP contribution in [0.5, 0.6) is 0 Å². The van der Waals surface area contributed by atoms with Crippen molar-refractivity contribution in [1.29, 1.82) is 0 Å². The quantitative estimate of drug-likeness (QED) is 0.719. The minimum absolute atomic E-state index is 0.215. The van der Waals surface area contributed by atoms with Crippen molar-refractivity contribution < 1.29 is 10.2 Å². The lowest BCUT2D eigenvalue weighted by atomic mass is 9.84. The first-order valence-corrected chi connectivity index (χ1v) is 6.31. The molecule has 0 aromatic heterocycles. The molecule has 2 aliphatic carbocycles. The van der Waals surface area contributed by atoms with Gasteiger partial charge in [-0.2, -0.15) is 0 Å². The first kappa shape index (κ1) is 11.4. The van der Waals surface area contributed by atoms with Crippen molar-refractivity contribution >= 4 is 0 Å². The topological polar surface area (TPSA) is 43.7 Å². The Morgan fingerprint density at radius 3 is 2.33 bits per heavy atom. The van der Waals surface area contributed by atoms with Gasteiger partial charge in [0.1, 0.15) is 0 Å². The highest BCUT2D eigenvalue weighted by Crippen LogP contribution is 2.33. The number of aliphatic hydroxyl groups is 2. The van der Waals surface area contributed by atoms with E-state index in [0.29, 0.717) is 6.04 Å². The van der Waals surface area contributed by atoms with Gasteiger partial charge in [0.05, 0.1) is 12.2 Å². The molecule has 15 heavy (non-hydrogen) atoms. The lowest BCUT2D eigenvalue weighted by Gasteiger charge is -2.37. The van der Waals surface area contributed by atoms with Crippen LogP contribution in [0.3, 0.4) is 0 Å². The second-order valence-electron chi connectivity index (χ2n) is 5.21. The molecule has 0 bridgehead atoms. The van der Waals surface area contributed by atoms with Crippen molar-refractivity contribution in [2.24, 2.45) is 0 Å². The summed E-state index contributed by atoms with van der Waals surface area (Å²) in [5, 5.41) is 19.4. The second kappa shape index (κ2) is 4.81. The summed E-state index contributed by atoms with van der Waals surface area (Å²) in [6.45, 7) is 1.72. The van der Waals surface area contributed by atoms with Gasteiger partial charge in [-0.25, -0.2) is 0 Å². The maximum Gasteiger partial charge on any atom is 0.0774 e. The third-order valence-corrected chi connectivity index (χ3v) is 3.73. The van der Waals surface area contributed by atoms with Crippen molar-refractivity contribution in [2.45, 2.75) is 56.6 Å². The van der Waals surface area contributed by atoms with E-state index < -0.39 is 5.60 Å². The molecule has 0 aliphatic heterocycles. The van der Waals surface area contributed by atoms with E-state index in [2.05, 4.69) is 4.90 Å². The molecule has 0 unspecified atom stereocenters. The Bertz CT molecular complexity index is 198. The maximum atomic E-state index is 10.4. The zero-order valence-electron chi connectivity index (χ0n) is 9.49. The van der Waals surface area contributed by atoms with Crippen LogP contribution in [0, 0.1) is 0 Å². The summed E-state index contributed by atoms with van der Waals surface area (Å²) in [5.74, 6) is 0. The van der Waals surface area contributed by atoms with E-state index in [-0.39, 0.29) is 6.61 Å². The van der Waals surface area contributed by atoms with E-state index in [1.165, 1.54) is 19.3 Å². The van der Waals surface area contributed by atoms with Gasteiger partial charge in [-0.1, -0.05) is 19.3 Å². The van der Waals surface area contributed by atoms with Crippen LogP contribution < -0.4 is 0 Å². The SMILES string of the molecule is OCCN(CC1(O)CCCCC1)C1CC1. The smallest absolute Gasteiger partial charge is 0.0774 e. The van der Waals surface area contributed by atoms with E-state index in [1.54, 1.807) is 0 Å². The van der Waals surface area contributed by atoms with Crippen LogP contribution in [0.25, 0.3) is 0 Å². The Kier molecular flexibility index (Phi) is 3.65. The zero-order valence-corrected chi connectivity index (χ0v) is 9.49. The van der Waals surface area contributed by atoms with Crippen LogP contribution in [0.1, 0.15) is 44.9 Å². The summed E-state index contributed by atoms with van der Waals surface area (Å²) in [6.07, 6.45) is 7.98. The van der Waals surface area contributed by atoms with E-state index >= 15 is 0 Å². The molecule has 3 nitrogen and oxygen atoms in total. The number of rotatable bonds is 5. The number of nitrogens with zero attached hydrogens (tertiary/aromatic N) is 1. The predicted octanol–water partition coefficient (Wildman–Crippen LogP) is 1.14. The highest BCUT2D eigenvalue weighted by molar-refractivity contribution is 4.91. The lowest BCUT2D eigenvalue weighted by Crippen LogP contribution is -2.46. The summed E-state index contributed by atoms with van der Waals surface area (Å²) in [4.78, 5) is 2.28. The normalized spacial score (nSPS) is 25.8. The third kappa shape index (κ3) is 3.16. The maximum absolute atomic E-state index is 10.4. The Balaban J connectivity index is 1.85. The Labute approximate surface area is 92.1 Å². The first-order chi connectivity index (χ1) is 7.23. The highest BCUT2D eigenvalue weighted by atomic mass is 16.3. The highest BCUT2D eigenvalue weighted by Gasteiger charge is 2.36. The van der Waals surface area contributed by atoms with Gasteiger partial charge in [0, 0.05) is 19.1 Å². The van der Waals surface area contributed by atoms with E-state index in [1.807, 2.05) is 0 Å². The molecular formula is C12H23NO2. The molecule has 0 spiro atoms. The molecule has 88 valence electrons. The average molecular weight is 213 g/mol. The lowest BCUT2D eigenvalue weighted by molar-refractivity contribution is -0.0307. The molecule has 2 fully saturated rings. The summed E-state index contributed by atoms with van der Waals surface area (Å²) < 4.78 is 0. The molecule has 2 rings (SSSR count). The molecular weight excluding hydrogens is 190 g/mol. The molecule has 0 amide bonds. The molecule has 0 saturated heterocycles. The van der Waals surface area contributed by atoms with Crippen molar-refractivity contribution in [2.75, 3.05) is 19.7 Å². The van der Waals surface area contributed by atoms with Crippen molar-refractivity contribution in [3.8, 4) is 0 Å². The van der Waals surface area contributed by atoms with Crippen LogP contribution in [-0.4, -0.2) is 46.5 Å². The minimum atomic E-state index is -0.462. The summed E-state index contributed by atoms with van der Waals surface area (Å²) >= 11 is 0. The molecule has 0 aromatic rings. The summed E-state index contributed by atoms with van der Waals surface area (Å²) in [7, 11) is 0. The zero-order chi connectivity index (χ0) is 10.7. The fraction of sp³-hybridized carbons (Fsp3) is 1.00. The number of aliphatic hydroxyl groups excluding tert-OH is 1. The minimum Gasteiger partial charge on any atom is -0.395 e. The van der Waals surface area contributed by atoms with Crippen molar-refractivity contribution in [3.63, 3.8) is 0 Å². The van der Waals surface area contributed by atoms with Crippen LogP contribution >= 0.6 is 0 Å². The predicted molar refractivity (Wildman–Crippen MR) is 59.7 cm³/mol. The Hall–Kier alpha value is -0.120. The first-order valence-electron chi connectivity index (χ1n) is 6.31. The van der Waals surface area contributed by atoms with Crippen molar-refractivity contribution in [3.05, 3.63) is 0 Å². The van der Waals surface area contributed by atoms with Gasteiger partial charge in [-0.15, -0.1) is 0 Å². The fourth-order valence-electron chi connectivity index (χ4n) is 2.70. The molecule has 2 aliphatic rings. The third-order valence-electron chi connectivity index (χ3n) is 3.73. The number of hydrogen-bond acceptors (Lipinski definition) is 3. The summed E-state index contributed by atoms with van der Waals surface area (Å²) in [6, 6.07) is 0.642. The van der Waals surface area contributed by atoms with Crippen LogP contribution in [-0.2, 0) is 0 Å². The fourth-order valence-corrected chi connectivity index (χ4v) is 2.70. The number of hydrogen-bond donors (Lipinski definition) is 2. The molecule has 0 aromatic carbocycles. The van der Waals surface area contributed by atoms with Gasteiger partial charge in [0.15, 0.2) is 0 Å². The van der Waals surface area contributed by atoms with Gasteiger partial charge in [-0.05, 0) is 25.7 Å². The van der Waals surface area contributed by atoms with Gasteiger partial charge in [0.2, 0.25) is 0 Å². The molecule has 2 N–H and O–H groups in total. The molecule has 2 saturated carbocycles. The molecule has 0 atom stereocenters.